The molecule has 3 aliphatic rings. The summed E-state index contributed by atoms with van der Waals surface area (Å²) in [5, 5.41) is 3.28. The molecule has 4 atom stereocenters. The lowest BCUT2D eigenvalue weighted by molar-refractivity contribution is -0.120. The largest absolute Gasteiger partial charge is 0.351 e. The van der Waals surface area contributed by atoms with E-state index >= 15 is 0 Å². The lowest BCUT2D eigenvalue weighted by Gasteiger charge is -2.60. The average molecular weight is 249 g/mol. The van der Waals surface area contributed by atoms with E-state index in [-0.39, 0.29) is 11.4 Å². The Morgan fingerprint density at radius 2 is 1.78 bits per heavy atom. The summed E-state index contributed by atoms with van der Waals surface area (Å²) in [5.41, 5.74) is 0.906. The zero-order chi connectivity index (χ0) is 13.2. The molecule has 4 unspecified atom stereocenters. The zero-order valence-electron chi connectivity index (χ0n) is 12.3. The molecule has 0 radical (unpaired) electrons. The van der Waals surface area contributed by atoms with Gasteiger partial charge in [0.05, 0.1) is 0 Å². The van der Waals surface area contributed by atoms with Crippen LogP contribution in [-0.4, -0.2) is 11.4 Å². The van der Waals surface area contributed by atoms with Gasteiger partial charge in [0.25, 0.3) is 0 Å². The Labute approximate surface area is 111 Å². The lowest BCUT2D eigenvalue weighted by atomic mass is 9.45. The summed E-state index contributed by atoms with van der Waals surface area (Å²) in [4.78, 5) is 11.9. The minimum atomic E-state index is 0.0791. The molecule has 2 aliphatic carbocycles. The van der Waals surface area contributed by atoms with Gasteiger partial charge in [0.2, 0.25) is 5.91 Å². The van der Waals surface area contributed by atoms with Crippen molar-refractivity contribution in [3.05, 3.63) is 0 Å². The number of carbonyl (C=O) groups is 1. The third kappa shape index (κ3) is 1.50. The smallest absolute Gasteiger partial charge is 0.220 e. The van der Waals surface area contributed by atoms with Crippen molar-refractivity contribution < 1.29 is 4.79 Å². The molecule has 1 heterocycles. The van der Waals surface area contributed by atoms with Crippen LogP contribution in [0.1, 0.15) is 66.2 Å². The standard InChI is InChI=1S/C16H27NO/c1-14(2)7-5-8-15(3)11(14)6-9-16(4)12(15)10-13(18)17-16/h11-12H,5-10H2,1-4H3,(H,17,18). The average Bonchev–Trinajstić information content (AvgIpc) is 2.53. The van der Waals surface area contributed by atoms with Gasteiger partial charge in [-0.2, -0.15) is 0 Å². The van der Waals surface area contributed by atoms with E-state index in [9.17, 15) is 4.79 Å². The second-order valence-corrected chi connectivity index (χ2v) is 8.16. The van der Waals surface area contributed by atoms with E-state index in [4.69, 9.17) is 0 Å². The molecule has 2 heteroatoms. The fraction of sp³-hybridized carbons (Fsp3) is 0.938. The van der Waals surface area contributed by atoms with Crippen molar-refractivity contribution >= 4 is 5.91 Å². The predicted molar refractivity (Wildman–Crippen MR) is 73.1 cm³/mol. The molecule has 2 nitrogen and oxygen atoms in total. The number of nitrogens with one attached hydrogen (secondary N) is 1. The normalized spacial score (nSPS) is 50.3. The van der Waals surface area contributed by atoms with Crippen LogP contribution in [-0.2, 0) is 4.79 Å². The first kappa shape index (κ1) is 12.5. The van der Waals surface area contributed by atoms with Crippen LogP contribution in [0.25, 0.3) is 0 Å². The monoisotopic (exact) mass is 249 g/mol. The maximum Gasteiger partial charge on any atom is 0.220 e. The third-order valence-corrected chi connectivity index (χ3v) is 6.61. The number of hydrogen-bond acceptors (Lipinski definition) is 1. The molecule has 1 N–H and O–H groups in total. The molecule has 3 rings (SSSR count). The summed E-state index contributed by atoms with van der Waals surface area (Å²) < 4.78 is 0. The number of carbonyl (C=O) groups excluding carboxylic acids is 1. The molecule has 0 aromatic carbocycles. The molecule has 0 bridgehead atoms. The Kier molecular flexibility index (Phi) is 2.44. The molecule has 1 aliphatic heterocycles. The maximum atomic E-state index is 11.9. The van der Waals surface area contributed by atoms with Crippen LogP contribution in [0.2, 0.25) is 0 Å². The quantitative estimate of drug-likeness (QED) is 0.699. The van der Waals surface area contributed by atoms with Gasteiger partial charge in [-0.15, -0.1) is 0 Å². The minimum absolute atomic E-state index is 0.0791. The Bertz CT molecular complexity index is 389. The molecule has 18 heavy (non-hydrogen) atoms. The first-order valence-electron chi connectivity index (χ1n) is 7.59. The van der Waals surface area contributed by atoms with Crippen LogP contribution in [0.3, 0.4) is 0 Å². The van der Waals surface area contributed by atoms with Gasteiger partial charge >= 0.3 is 0 Å². The molecule has 3 fully saturated rings. The van der Waals surface area contributed by atoms with Crippen molar-refractivity contribution in [2.75, 3.05) is 0 Å². The van der Waals surface area contributed by atoms with Gasteiger partial charge < -0.3 is 5.32 Å². The molecule has 0 aromatic heterocycles. The summed E-state index contributed by atoms with van der Waals surface area (Å²) in [6.45, 7) is 9.65. The molecular formula is C16H27NO. The van der Waals surface area contributed by atoms with Gasteiger partial charge in [-0.05, 0) is 55.3 Å². The van der Waals surface area contributed by atoms with Crippen molar-refractivity contribution in [3.8, 4) is 0 Å². The molecule has 2 saturated carbocycles. The van der Waals surface area contributed by atoms with Gasteiger partial charge in [-0.1, -0.05) is 27.2 Å². The minimum Gasteiger partial charge on any atom is -0.351 e. The van der Waals surface area contributed by atoms with E-state index in [1.165, 1.54) is 32.1 Å². The van der Waals surface area contributed by atoms with Crippen molar-refractivity contribution in [1.29, 1.82) is 0 Å². The highest BCUT2D eigenvalue weighted by Gasteiger charge is 2.61. The summed E-state index contributed by atoms with van der Waals surface area (Å²) in [6.07, 6.45) is 7.23. The van der Waals surface area contributed by atoms with Crippen LogP contribution in [0.5, 0.6) is 0 Å². The van der Waals surface area contributed by atoms with Crippen LogP contribution >= 0.6 is 0 Å². The molecule has 0 spiro atoms. The number of hydrogen-bond donors (Lipinski definition) is 1. The Morgan fingerprint density at radius 1 is 1.06 bits per heavy atom. The van der Waals surface area contributed by atoms with E-state index in [1.807, 2.05) is 0 Å². The summed E-state index contributed by atoms with van der Waals surface area (Å²) >= 11 is 0. The first-order chi connectivity index (χ1) is 8.28. The first-order valence-corrected chi connectivity index (χ1v) is 7.59. The zero-order valence-corrected chi connectivity index (χ0v) is 12.3. The van der Waals surface area contributed by atoms with Crippen LogP contribution in [0.15, 0.2) is 0 Å². The van der Waals surface area contributed by atoms with E-state index in [1.54, 1.807) is 0 Å². The Balaban J connectivity index is 2.00. The number of rotatable bonds is 0. The van der Waals surface area contributed by atoms with Crippen LogP contribution < -0.4 is 5.32 Å². The lowest BCUT2D eigenvalue weighted by Crippen LogP contribution is -2.58. The molecule has 1 amide bonds. The second kappa shape index (κ2) is 3.52. The molecule has 0 aromatic rings. The Morgan fingerprint density at radius 3 is 2.50 bits per heavy atom. The predicted octanol–water partition coefficient (Wildman–Crippen LogP) is 3.51. The number of fused-ring (bicyclic) bond motifs is 3. The highest BCUT2D eigenvalue weighted by molar-refractivity contribution is 5.80. The van der Waals surface area contributed by atoms with Gasteiger partial charge in [0.1, 0.15) is 0 Å². The van der Waals surface area contributed by atoms with E-state index in [0.29, 0.717) is 16.7 Å². The summed E-state index contributed by atoms with van der Waals surface area (Å²) in [5.74, 6) is 1.63. The van der Waals surface area contributed by atoms with Gasteiger partial charge in [0.15, 0.2) is 0 Å². The third-order valence-electron chi connectivity index (χ3n) is 6.61. The Hall–Kier alpha value is -0.530. The van der Waals surface area contributed by atoms with E-state index in [2.05, 4.69) is 33.0 Å². The van der Waals surface area contributed by atoms with Crippen molar-refractivity contribution in [2.45, 2.75) is 71.8 Å². The summed E-state index contributed by atoms with van der Waals surface area (Å²) in [6, 6.07) is 0. The topological polar surface area (TPSA) is 29.1 Å². The van der Waals surface area contributed by atoms with Crippen LogP contribution in [0, 0.1) is 22.7 Å². The maximum absolute atomic E-state index is 11.9. The highest BCUT2D eigenvalue weighted by atomic mass is 16.2. The number of amides is 1. The SMILES string of the molecule is CC1(C)CCCC2(C)C1CCC1(C)NC(=O)CC12. The van der Waals surface area contributed by atoms with Crippen molar-refractivity contribution in [1.82, 2.24) is 5.32 Å². The summed E-state index contributed by atoms with van der Waals surface area (Å²) in [7, 11) is 0. The van der Waals surface area contributed by atoms with Crippen molar-refractivity contribution in [2.24, 2.45) is 22.7 Å². The van der Waals surface area contributed by atoms with Gasteiger partial charge in [-0.3, -0.25) is 4.79 Å². The van der Waals surface area contributed by atoms with E-state index in [0.717, 1.165) is 12.3 Å². The highest BCUT2D eigenvalue weighted by Crippen LogP contribution is 2.63. The molecule has 102 valence electrons. The molecule has 1 saturated heterocycles. The second-order valence-electron chi connectivity index (χ2n) is 8.16. The fourth-order valence-electron chi connectivity index (χ4n) is 5.81. The van der Waals surface area contributed by atoms with Gasteiger partial charge in [0, 0.05) is 12.0 Å². The van der Waals surface area contributed by atoms with Crippen LogP contribution in [0.4, 0.5) is 0 Å². The van der Waals surface area contributed by atoms with Gasteiger partial charge in [-0.25, -0.2) is 0 Å². The van der Waals surface area contributed by atoms with E-state index < -0.39 is 0 Å². The van der Waals surface area contributed by atoms with Crippen molar-refractivity contribution in [3.63, 3.8) is 0 Å². The molecular weight excluding hydrogens is 222 g/mol. The fourth-order valence-corrected chi connectivity index (χ4v) is 5.81.